The van der Waals surface area contributed by atoms with Crippen molar-refractivity contribution >= 4 is 23.6 Å². The van der Waals surface area contributed by atoms with E-state index >= 15 is 0 Å². The molecule has 2 aromatic carbocycles. The van der Waals surface area contributed by atoms with Crippen molar-refractivity contribution in [2.75, 3.05) is 0 Å². The van der Waals surface area contributed by atoms with Gasteiger partial charge in [0.05, 0.1) is 11.4 Å². The smallest absolute Gasteiger partial charge is 0.0656 e. The van der Waals surface area contributed by atoms with Crippen molar-refractivity contribution in [3.8, 4) is 0 Å². The lowest BCUT2D eigenvalue weighted by atomic mass is 10.1. The molecular formula is C26H32N2. The SMILES string of the molecule is Cc1ccc(/C=C/C(=N/N=C(/C=C/c2ccc(C)cc2)C(C)C)C(C)C)cc1. The molecule has 0 aromatic heterocycles. The number of rotatable bonds is 7. The summed E-state index contributed by atoms with van der Waals surface area (Å²) in [6, 6.07) is 17.0. The van der Waals surface area contributed by atoms with Gasteiger partial charge in [-0.05, 0) is 49.0 Å². The summed E-state index contributed by atoms with van der Waals surface area (Å²) in [6.07, 6.45) is 8.34. The Morgan fingerprint density at radius 1 is 0.607 bits per heavy atom. The molecule has 146 valence electrons. The van der Waals surface area contributed by atoms with Crippen LogP contribution in [-0.2, 0) is 0 Å². The van der Waals surface area contributed by atoms with Gasteiger partial charge in [0, 0.05) is 0 Å². The molecule has 0 heterocycles. The van der Waals surface area contributed by atoms with Crippen molar-refractivity contribution in [2.45, 2.75) is 41.5 Å². The summed E-state index contributed by atoms with van der Waals surface area (Å²) in [5.41, 5.74) is 6.82. The van der Waals surface area contributed by atoms with E-state index in [1.165, 1.54) is 22.3 Å². The molecular weight excluding hydrogens is 340 g/mol. The van der Waals surface area contributed by atoms with Gasteiger partial charge in [-0.25, -0.2) is 0 Å². The van der Waals surface area contributed by atoms with Crippen molar-refractivity contribution in [3.05, 3.63) is 82.9 Å². The van der Waals surface area contributed by atoms with Crippen LogP contribution in [0.15, 0.2) is 70.9 Å². The zero-order valence-corrected chi connectivity index (χ0v) is 18.0. The van der Waals surface area contributed by atoms with Crippen LogP contribution in [0.3, 0.4) is 0 Å². The van der Waals surface area contributed by atoms with E-state index in [-0.39, 0.29) is 0 Å². The summed E-state index contributed by atoms with van der Waals surface area (Å²) in [5.74, 6) is 0.611. The average molecular weight is 373 g/mol. The summed E-state index contributed by atoms with van der Waals surface area (Å²) >= 11 is 0. The van der Waals surface area contributed by atoms with Gasteiger partial charge in [-0.3, -0.25) is 0 Å². The average Bonchev–Trinajstić information content (AvgIpc) is 2.66. The monoisotopic (exact) mass is 372 g/mol. The molecule has 0 unspecified atom stereocenters. The van der Waals surface area contributed by atoms with Gasteiger partial charge in [0.15, 0.2) is 0 Å². The predicted molar refractivity (Wildman–Crippen MR) is 125 cm³/mol. The fraction of sp³-hybridized carbons (Fsp3) is 0.308. The second-order valence-electron chi connectivity index (χ2n) is 7.85. The highest BCUT2D eigenvalue weighted by Gasteiger charge is 2.04. The molecule has 28 heavy (non-hydrogen) atoms. The lowest BCUT2D eigenvalue weighted by Crippen LogP contribution is -2.06. The van der Waals surface area contributed by atoms with Crippen molar-refractivity contribution in [3.63, 3.8) is 0 Å². The molecule has 0 aliphatic rings. The second kappa shape index (κ2) is 10.6. The molecule has 0 spiro atoms. The molecule has 0 aliphatic carbocycles. The summed E-state index contributed by atoms with van der Waals surface area (Å²) in [4.78, 5) is 0. The Bertz CT molecular complexity index is 786. The zero-order valence-electron chi connectivity index (χ0n) is 18.0. The van der Waals surface area contributed by atoms with Gasteiger partial charge in [-0.15, -0.1) is 0 Å². The molecule has 2 heteroatoms. The first-order valence-corrected chi connectivity index (χ1v) is 10.00. The Kier molecular flexibility index (Phi) is 8.13. The number of hydrogen-bond donors (Lipinski definition) is 0. The molecule has 0 radical (unpaired) electrons. The molecule has 0 bridgehead atoms. The minimum Gasteiger partial charge on any atom is -0.155 e. The molecule has 0 saturated carbocycles. The maximum absolute atomic E-state index is 4.57. The van der Waals surface area contributed by atoms with E-state index < -0.39 is 0 Å². The Balaban J connectivity index is 2.22. The molecule has 0 atom stereocenters. The van der Waals surface area contributed by atoms with Crippen molar-refractivity contribution in [2.24, 2.45) is 22.0 Å². The maximum Gasteiger partial charge on any atom is 0.0656 e. The first kappa shape index (κ1) is 21.6. The van der Waals surface area contributed by atoms with E-state index in [9.17, 15) is 0 Å². The molecule has 2 nitrogen and oxygen atoms in total. The summed E-state index contributed by atoms with van der Waals surface area (Å²) in [5, 5.41) is 9.14. The summed E-state index contributed by atoms with van der Waals surface area (Å²) < 4.78 is 0. The normalized spacial score (nSPS) is 13.4. The van der Waals surface area contributed by atoms with Gasteiger partial charge in [0.25, 0.3) is 0 Å². The number of benzene rings is 2. The van der Waals surface area contributed by atoms with Crippen LogP contribution in [0.4, 0.5) is 0 Å². The van der Waals surface area contributed by atoms with E-state index in [1.54, 1.807) is 0 Å². The molecule has 0 aliphatic heterocycles. The largest absolute Gasteiger partial charge is 0.155 e. The number of aryl methyl sites for hydroxylation is 2. The zero-order chi connectivity index (χ0) is 20.5. The quantitative estimate of drug-likeness (QED) is 0.364. The van der Waals surface area contributed by atoms with Gasteiger partial charge in [-0.1, -0.05) is 99.5 Å². The van der Waals surface area contributed by atoms with Crippen molar-refractivity contribution in [1.29, 1.82) is 0 Å². The third kappa shape index (κ3) is 7.11. The lowest BCUT2D eigenvalue weighted by molar-refractivity contribution is 0.864. The third-order valence-corrected chi connectivity index (χ3v) is 4.51. The van der Waals surface area contributed by atoms with Crippen LogP contribution in [0, 0.1) is 25.7 Å². The van der Waals surface area contributed by atoms with Crippen LogP contribution in [0.25, 0.3) is 12.2 Å². The van der Waals surface area contributed by atoms with E-state index in [0.29, 0.717) is 11.8 Å². The van der Waals surface area contributed by atoms with Gasteiger partial charge in [0.1, 0.15) is 0 Å². The molecule has 0 N–H and O–H groups in total. The van der Waals surface area contributed by atoms with Crippen LogP contribution >= 0.6 is 0 Å². The van der Waals surface area contributed by atoms with Gasteiger partial charge in [-0.2, -0.15) is 10.2 Å². The number of hydrogen-bond acceptors (Lipinski definition) is 2. The molecule has 2 aromatic rings. The molecule has 2 rings (SSSR count). The number of allylic oxidation sites excluding steroid dienone is 2. The second-order valence-corrected chi connectivity index (χ2v) is 7.85. The number of nitrogens with zero attached hydrogens (tertiary/aromatic N) is 2. The molecule has 0 fully saturated rings. The summed E-state index contributed by atoms with van der Waals surface area (Å²) in [6.45, 7) is 12.8. The van der Waals surface area contributed by atoms with Crippen LogP contribution in [0.2, 0.25) is 0 Å². The van der Waals surface area contributed by atoms with Crippen molar-refractivity contribution < 1.29 is 0 Å². The Labute approximate surface area is 170 Å². The minimum absolute atomic E-state index is 0.305. The van der Waals surface area contributed by atoms with Gasteiger partial charge >= 0.3 is 0 Å². The van der Waals surface area contributed by atoms with E-state index in [0.717, 1.165) is 11.4 Å². The standard InChI is InChI=1S/C26H32N2/c1-19(2)25(17-15-23-11-7-21(5)8-12-23)27-28-26(20(3)4)18-16-24-13-9-22(6)10-14-24/h7-20H,1-6H3/b17-15+,18-16+,27-25-,28-26-. The van der Waals surface area contributed by atoms with E-state index in [2.05, 4.69) is 125 Å². The van der Waals surface area contributed by atoms with Crippen LogP contribution < -0.4 is 0 Å². The van der Waals surface area contributed by atoms with Gasteiger partial charge in [0.2, 0.25) is 0 Å². The molecule has 0 amide bonds. The van der Waals surface area contributed by atoms with Crippen molar-refractivity contribution in [1.82, 2.24) is 0 Å². The predicted octanol–water partition coefficient (Wildman–Crippen LogP) is 7.14. The first-order valence-electron chi connectivity index (χ1n) is 10.00. The fourth-order valence-corrected chi connectivity index (χ4v) is 2.52. The Morgan fingerprint density at radius 3 is 1.21 bits per heavy atom. The highest BCUT2D eigenvalue weighted by molar-refractivity contribution is 6.02. The Morgan fingerprint density at radius 2 is 0.929 bits per heavy atom. The molecule has 0 saturated heterocycles. The van der Waals surface area contributed by atoms with Crippen LogP contribution in [-0.4, -0.2) is 11.4 Å². The summed E-state index contributed by atoms with van der Waals surface area (Å²) in [7, 11) is 0. The minimum atomic E-state index is 0.305. The highest BCUT2D eigenvalue weighted by atomic mass is 15.2. The Hall–Kier alpha value is -2.74. The first-order chi connectivity index (χ1) is 13.3. The van der Waals surface area contributed by atoms with Gasteiger partial charge < -0.3 is 0 Å². The lowest BCUT2D eigenvalue weighted by Gasteiger charge is -2.06. The third-order valence-electron chi connectivity index (χ3n) is 4.51. The van der Waals surface area contributed by atoms with E-state index in [1.807, 2.05) is 0 Å². The maximum atomic E-state index is 4.57. The van der Waals surface area contributed by atoms with Crippen LogP contribution in [0.5, 0.6) is 0 Å². The highest BCUT2D eigenvalue weighted by Crippen LogP contribution is 2.10. The topological polar surface area (TPSA) is 24.7 Å². The van der Waals surface area contributed by atoms with E-state index in [4.69, 9.17) is 0 Å². The fourth-order valence-electron chi connectivity index (χ4n) is 2.52. The van der Waals surface area contributed by atoms with Crippen LogP contribution in [0.1, 0.15) is 49.9 Å².